The molecule has 13 heavy (non-hydrogen) atoms. The number of Topliss-reactive ketones (excluding diaryl/α,β-unsaturated/α-hetero) is 1. The van der Waals surface area contributed by atoms with Crippen LogP contribution in [0.3, 0.4) is 0 Å². The summed E-state index contributed by atoms with van der Waals surface area (Å²) in [6.07, 6.45) is 5.40. The lowest BCUT2D eigenvalue weighted by molar-refractivity contribution is -0.132. The normalized spacial score (nSPS) is 42.5. The Morgan fingerprint density at radius 1 is 1.62 bits per heavy atom. The molecule has 1 nitrogen and oxygen atoms in total. The Morgan fingerprint density at radius 3 is 3.00 bits per heavy atom. The first-order chi connectivity index (χ1) is 6.16. The maximum Gasteiger partial charge on any atom is 0.139 e. The highest BCUT2D eigenvalue weighted by Crippen LogP contribution is 2.52. The van der Waals surface area contributed by atoms with E-state index in [4.69, 9.17) is 0 Å². The molecule has 2 unspecified atom stereocenters. The first-order valence-corrected chi connectivity index (χ1v) is 6.23. The highest BCUT2D eigenvalue weighted by molar-refractivity contribution is 14.1. The maximum absolute atomic E-state index is 11.8. The molecule has 2 saturated carbocycles. The standard InChI is InChI=1S/C11H15IO/c1-11-6-8(7-12)5-9(11)3-2-4-10(11)13/h7,9H,2-6H2,1H3/b8-7-. The van der Waals surface area contributed by atoms with Gasteiger partial charge in [0.05, 0.1) is 0 Å². The van der Waals surface area contributed by atoms with Crippen molar-refractivity contribution in [3.05, 3.63) is 9.66 Å². The second-order valence-corrected chi connectivity index (χ2v) is 5.20. The van der Waals surface area contributed by atoms with Crippen molar-refractivity contribution in [3.8, 4) is 0 Å². The lowest BCUT2D eigenvalue weighted by Crippen LogP contribution is -2.35. The third-order valence-electron chi connectivity index (χ3n) is 3.75. The number of fused-ring (bicyclic) bond motifs is 1. The summed E-state index contributed by atoms with van der Waals surface area (Å²) < 4.78 is 2.18. The SMILES string of the molecule is CC12C/C(=C\I)CC1CCCC2=O. The summed E-state index contributed by atoms with van der Waals surface area (Å²) in [5.74, 6) is 1.16. The molecular formula is C11H15IO. The van der Waals surface area contributed by atoms with Gasteiger partial charge in [-0.25, -0.2) is 0 Å². The summed E-state index contributed by atoms with van der Waals surface area (Å²) in [7, 11) is 0. The van der Waals surface area contributed by atoms with Crippen LogP contribution in [-0.4, -0.2) is 5.78 Å². The van der Waals surface area contributed by atoms with Crippen LogP contribution in [0.4, 0.5) is 0 Å². The first kappa shape index (κ1) is 9.69. The number of carbonyl (C=O) groups is 1. The van der Waals surface area contributed by atoms with Crippen LogP contribution in [0.5, 0.6) is 0 Å². The molecule has 0 spiro atoms. The summed E-state index contributed by atoms with van der Waals surface area (Å²) in [5, 5.41) is 0. The number of allylic oxidation sites excluding steroid dienone is 1. The summed E-state index contributed by atoms with van der Waals surface area (Å²) in [4.78, 5) is 11.8. The van der Waals surface area contributed by atoms with Crippen LogP contribution in [0.1, 0.15) is 39.0 Å². The van der Waals surface area contributed by atoms with Gasteiger partial charge in [-0.1, -0.05) is 35.1 Å². The molecule has 2 aliphatic carbocycles. The molecule has 72 valence electrons. The predicted molar refractivity (Wildman–Crippen MR) is 61.8 cm³/mol. The van der Waals surface area contributed by atoms with Gasteiger partial charge in [0.2, 0.25) is 0 Å². The minimum atomic E-state index is 0.00918. The molecule has 0 aromatic carbocycles. The Kier molecular flexibility index (Phi) is 2.51. The van der Waals surface area contributed by atoms with E-state index in [1.165, 1.54) is 18.4 Å². The van der Waals surface area contributed by atoms with Crippen molar-refractivity contribution < 1.29 is 4.79 Å². The zero-order valence-electron chi connectivity index (χ0n) is 7.98. The Morgan fingerprint density at radius 2 is 2.38 bits per heavy atom. The molecule has 2 aliphatic rings. The minimum Gasteiger partial charge on any atom is -0.299 e. The molecule has 0 heterocycles. The summed E-state index contributed by atoms with van der Waals surface area (Å²) >= 11 is 2.30. The topological polar surface area (TPSA) is 17.1 Å². The molecule has 2 atom stereocenters. The number of rotatable bonds is 0. The largest absolute Gasteiger partial charge is 0.299 e. The molecule has 2 fully saturated rings. The lowest BCUT2D eigenvalue weighted by Gasteiger charge is -2.33. The van der Waals surface area contributed by atoms with E-state index >= 15 is 0 Å². The average Bonchev–Trinajstić information content (AvgIpc) is 2.45. The van der Waals surface area contributed by atoms with Gasteiger partial charge in [0, 0.05) is 11.8 Å². The number of hydrogen-bond donors (Lipinski definition) is 0. The van der Waals surface area contributed by atoms with Gasteiger partial charge in [-0.05, 0) is 35.7 Å². The van der Waals surface area contributed by atoms with E-state index in [-0.39, 0.29) is 5.41 Å². The first-order valence-electron chi connectivity index (χ1n) is 4.98. The Bertz CT molecular complexity index is 269. The van der Waals surface area contributed by atoms with E-state index in [1.807, 2.05) is 0 Å². The second kappa shape index (κ2) is 3.37. The van der Waals surface area contributed by atoms with Gasteiger partial charge in [-0.15, -0.1) is 0 Å². The number of carbonyl (C=O) groups excluding carboxylic acids is 1. The third kappa shape index (κ3) is 1.47. The van der Waals surface area contributed by atoms with Crippen LogP contribution in [-0.2, 0) is 4.79 Å². The van der Waals surface area contributed by atoms with Crippen molar-refractivity contribution >= 4 is 28.4 Å². The fraction of sp³-hybridized carbons (Fsp3) is 0.727. The summed E-state index contributed by atoms with van der Waals surface area (Å²) in [6, 6.07) is 0. The van der Waals surface area contributed by atoms with Gasteiger partial charge in [0.15, 0.2) is 0 Å². The molecule has 0 bridgehead atoms. The lowest BCUT2D eigenvalue weighted by atomic mass is 9.69. The molecule has 0 aliphatic heterocycles. The fourth-order valence-electron chi connectivity index (χ4n) is 2.85. The van der Waals surface area contributed by atoms with Crippen LogP contribution in [0.25, 0.3) is 0 Å². The van der Waals surface area contributed by atoms with Crippen LogP contribution in [0, 0.1) is 11.3 Å². The highest BCUT2D eigenvalue weighted by atomic mass is 127. The van der Waals surface area contributed by atoms with Gasteiger partial charge < -0.3 is 0 Å². The van der Waals surface area contributed by atoms with Gasteiger partial charge >= 0.3 is 0 Å². The van der Waals surface area contributed by atoms with Crippen molar-refractivity contribution in [1.82, 2.24) is 0 Å². The van der Waals surface area contributed by atoms with Gasteiger partial charge in [-0.2, -0.15) is 0 Å². The maximum atomic E-state index is 11.8. The van der Waals surface area contributed by atoms with Gasteiger partial charge in [-0.3, -0.25) is 4.79 Å². The Balaban J connectivity index is 2.28. The van der Waals surface area contributed by atoms with Gasteiger partial charge in [0.25, 0.3) is 0 Å². The molecule has 0 amide bonds. The zero-order valence-corrected chi connectivity index (χ0v) is 10.1. The number of ketones is 1. The smallest absolute Gasteiger partial charge is 0.139 e. The van der Waals surface area contributed by atoms with Crippen LogP contribution in [0.2, 0.25) is 0 Å². The zero-order chi connectivity index (χ0) is 9.47. The van der Waals surface area contributed by atoms with E-state index < -0.39 is 0 Å². The van der Waals surface area contributed by atoms with E-state index in [0.29, 0.717) is 11.7 Å². The highest BCUT2D eigenvalue weighted by Gasteiger charge is 2.47. The minimum absolute atomic E-state index is 0.00918. The number of halogens is 1. The fourth-order valence-corrected chi connectivity index (χ4v) is 3.33. The molecule has 2 heteroatoms. The van der Waals surface area contributed by atoms with E-state index in [2.05, 4.69) is 33.6 Å². The Hall–Kier alpha value is 0.140. The van der Waals surface area contributed by atoms with Crippen molar-refractivity contribution in [2.24, 2.45) is 11.3 Å². The van der Waals surface area contributed by atoms with E-state index in [9.17, 15) is 4.79 Å². The molecule has 2 rings (SSSR count). The predicted octanol–water partition coefficient (Wildman–Crippen LogP) is 3.47. The Labute approximate surface area is 93.1 Å². The van der Waals surface area contributed by atoms with Crippen LogP contribution in [0.15, 0.2) is 9.66 Å². The molecule has 0 saturated heterocycles. The van der Waals surface area contributed by atoms with Crippen LogP contribution >= 0.6 is 22.6 Å². The van der Waals surface area contributed by atoms with Gasteiger partial charge in [0.1, 0.15) is 5.78 Å². The monoisotopic (exact) mass is 290 g/mol. The average molecular weight is 290 g/mol. The molecule has 0 N–H and O–H groups in total. The third-order valence-corrected chi connectivity index (χ3v) is 4.63. The van der Waals surface area contributed by atoms with Crippen molar-refractivity contribution in [3.63, 3.8) is 0 Å². The number of hydrogen-bond acceptors (Lipinski definition) is 1. The van der Waals surface area contributed by atoms with Crippen molar-refractivity contribution in [2.75, 3.05) is 0 Å². The molecule has 0 aromatic rings. The summed E-state index contributed by atoms with van der Waals surface area (Å²) in [6.45, 7) is 2.17. The molecular weight excluding hydrogens is 275 g/mol. The molecule has 0 radical (unpaired) electrons. The quantitative estimate of drug-likeness (QED) is 0.624. The summed E-state index contributed by atoms with van der Waals surface area (Å²) in [5.41, 5.74) is 1.50. The van der Waals surface area contributed by atoms with E-state index in [0.717, 1.165) is 19.3 Å². The van der Waals surface area contributed by atoms with Crippen LogP contribution < -0.4 is 0 Å². The second-order valence-electron chi connectivity index (χ2n) is 4.58. The van der Waals surface area contributed by atoms with Crippen molar-refractivity contribution in [1.29, 1.82) is 0 Å². The molecule has 0 aromatic heterocycles. The van der Waals surface area contributed by atoms with Crippen molar-refractivity contribution in [2.45, 2.75) is 39.0 Å². The van der Waals surface area contributed by atoms with E-state index in [1.54, 1.807) is 0 Å².